The third kappa shape index (κ3) is 3.37. The van der Waals surface area contributed by atoms with Gasteiger partial charge in [-0.2, -0.15) is 0 Å². The second kappa shape index (κ2) is 6.05. The zero-order valence-electron chi connectivity index (χ0n) is 11.9. The van der Waals surface area contributed by atoms with E-state index in [2.05, 4.69) is 9.71 Å². The zero-order valence-corrected chi connectivity index (χ0v) is 13.4. The fraction of sp³-hybridized carbons (Fsp3) is 0.308. The van der Waals surface area contributed by atoms with Gasteiger partial charge < -0.3 is 9.30 Å². The summed E-state index contributed by atoms with van der Waals surface area (Å²) in [7, 11) is -0.578. The van der Waals surface area contributed by atoms with Gasteiger partial charge in [0.2, 0.25) is 5.03 Å². The second-order valence-electron chi connectivity index (χ2n) is 4.57. The highest BCUT2D eigenvalue weighted by molar-refractivity contribution is 7.89. The average Bonchev–Trinajstić information content (AvgIpc) is 2.79. The Bertz CT molecular complexity index is 726. The van der Waals surface area contributed by atoms with Crippen molar-refractivity contribution >= 4 is 21.6 Å². The molecular formula is C13H16ClN3O3S. The highest BCUT2D eigenvalue weighted by Gasteiger charge is 2.24. The van der Waals surface area contributed by atoms with E-state index in [0.29, 0.717) is 5.75 Å². The van der Waals surface area contributed by atoms with Gasteiger partial charge >= 0.3 is 0 Å². The molecule has 0 fully saturated rings. The molecule has 2 aromatic rings. The first-order chi connectivity index (χ1) is 9.85. The molecule has 1 unspecified atom stereocenters. The number of hydrogen-bond donors (Lipinski definition) is 1. The molecule has 6 nitrogen and oxygen atoms in total. The SMILES string of the molecule is COc1ccc(C(C)NS(=O)(=O)c2ncn(C)c2Cl)cc1. The normalized spacial score (nSPS) is 13.1. The molecule has 0 spiro atoms. The van der Waals surface area contributed by atoms with Crippen LogP contribution in [-0.4, -0.2) is 25.1 Å². The molecule has 0 radical (unpaired) electrons. The van der Waals surface area contributed by atoms with E-state index >= 15 is 0 Å². The first kappa shape index (κ1) is 15.8. The molecule has 1 N–H and O–H groups in total. The van der Waals surface area contributed by atoms with Crippen molar-refractivity contribution in [1.82, 2.24) is 14.3 Å². The lowest BCUT2D eigenvalue weighted by molar-refractivity contribution is 0.414. The molecule has 8 heteroatoms. The average molecular weight is 330 g/mol. The zero-order chi connectivity index (χ0) is 15.6. The summed E-state index contributed by atoms with van der Waals surface area (Å²) in [5.74, 6) is 0.710. The van der Waals surface area contributed by atoms with Gasteiger partial charge in [0.25, 0.3) is 10.0 Å². The predicted octanol–water partition coefficient (Wildman–Crippen LogP) is 2.12. The van der Waals surface area contributed by atoms with Crippen molar-refractivity contribution in [1.29, 1.82) is 0 Å². The number of ether oxygens (including phenoxy) is 1. The Balaban J connectivity index is 2.21. The summed E-state index contributed by atoms with van der Waals surface area (Å²) < 4.78 is 33.6. The third-order valence-electron chi connectivity index (χ3n) is 3.04. The predicted molar refractivity (Wildman–Crippen MR) is 79.9 cm³/mol. The van der Waals surface area contributed by atoms with Crippen LogP contribution in [0.15, 0.2) is 35.6 Å². The monoisotopic (exact) mass is 329 g/mol. The van der Waals surface area contributed by atoms with Crippen molar-refractivity contribution in [3.63, 3.8) is 0 Å². The second-order valence-corrected chi connectivity index (χ2v) is 6.55. The van der Waals surface area contributed by atoms with Crippen LogP contribution in [0.3, 0.4) is 0 Å². The van der Waals surface area contributed by atoms with Gasteiger partial charge in [-0.25, -0.2) is 18.1 Å². The topological polar surface area (TPSA) is 73.2 Å². The quantitative estimate of drug-likeness (QED) is 0.912. The van der Waals surface area contributed by atoms with E-state index < -0.39 is 16.1 Å². The molecule has 0 aliphatic rings. The van der Waals surface area contributed by atoms with Gasteiger partial charge in [0, 0.05) is 13.1 Å². The Labute approximate surface area is 128 Å². The fourth-order valence-electron chi connectivity index (χ4n) is 1.82. The first-order valence-corrected chi connectivity index (χ1v) is 8.04. The molecule has 0 saturated carbocycles. The number of rotatable bonds is 5. The summed E-state index contributed by atoms with van der Waals surface area (Å²) in [4.78, 5) is 3.82. The number of nitrogens with one attached hydrogen (secondary N) is 1. The van der Waals surface area contributed by atoms with Gasteiger partial charge in [-0.1, -0.05) is 23.7 Å². The summed E-state index contributed by atoms with van der Waals surface area (Å²) in [5, 5.41) is -0.101. The van der Waals surface area contributed by atoms with Crippen LogP contribution in [-0.2, 0) is 17.1 Å². The molecule has 1 heterocycles. The van der Waals surface area contributed by atoms with Gasteiger partial charge in [0.15, 0.2) is 0 Å². The lowest BCUT2D eigenvalue weighted by Gasteiger charge is -2.14. The van der Waals surface area contributed by atoms with E-state index in [0.717, 1.165) is 5.56 Å². The van der Waals surface area contributed by atoms with Crippen LogP contribution >= 0.6 is 11.6 Å². The van der Waals surface area contributed by atoms with Gasteiger partial charge in [0.1, 0.15) is 10.9 Å². The van der Waals surface area contributed by atoms with Crippen LogP contribution in [0, 0.1) is 0 Å². The van der Waals surface area contributed by atoms with E-state index in [1.54, 1.807) is 45.3 Å². The summed E-state index contributed by atoms with van der Waals surface area (Å²) >= 11 is 5.93. The first-order valence-electron chi connectivity index (χ1n) is 6.18. The van der Waals surface area contributed by atoms with Crippen molar-refractivity contribution < 1.29 is 13.2 Å². The Hall–Kier alpha value is -1.57. The Kier molecular flexibility index (Phi) is 4.55. The van der Waals surface area contributed by atoms with Crippen LogP contribution in [0.5, 0.6) is 5.75 Å². The van der Waals surface area contributed by atoms with E-state index in [1.807, 2.05) is 0 Å². The smallest absolute Gasteiger partial charge is 0.261 e. The lowest BCUT2D eigenvalue weighted by atomic mass is 10.1. The molecule has 0 amide bonds. The van der Waals surface area contributed by atoms with Gasteiger partial charge in [-0.15, -0.1) is 0 Å². The standard InChI is InChI=1S/C13H16ClN3O3S/c1-9(10-4-6-11(20-3)7-5-10)16-21(18,19)13-12(14)17(2)8-15-13/h4-9,16H,1-3H3. The number of methoxy groups -OCH3 is 1. The van der Waals surface area contributed by atoms with E-state index in [4.69, 9.17) is 16.3 Å². The summed E-state index contributed by atoms with van der Waals surface area (Å²) in [6, 6.07) is 6.72. The summed E-state index contributed by atoms with van der Waals surface area (Å²) in [6.45, 7) is 1.75. The molecule has 1 atom stereocenters. The number of imidazole rings is 1. The number of nitrogens with zero attached hydrogens (tertiary/aromatic N) is 2. The highest BCUT2D eigenvalue weighted by Crippen LogP contribution is 2.22. The fourth-order valence-corrected chi connectivity index (χ4v) is 3.49. The van der Waals surface area contributed by atoms with Crippen LogP contribution in [0.4, 0.5) is 0 Å². The van der Waals surface area contributed by atoms with Crippen molar-refractivity contribution in [3.8, 4) is 5.75 Å². The molecule has 0 bridgehead atoms. The van der Waals surface area contributed by atoms with E-state index in [1.165, 1.54) is 10.9 Å². The van der Waals surface area contributed by atoms with Crippen molar-refractivity contribution in [3.05, 3.63) is 41.3 Å². The van der Waals surface area contributed by atoms with Crippen molar-refractivity contribution in [2.75, 3.05) is 7.11 Å². The number of aryl methyl sites for hydroxylation is 1. The number of sulfonamides is 1. The maximum Gasteiger partial charge on any atom is 0.261 e. The maximum absolute atomic E-state index is 12.3. The number of halogens is 1. The maximum atomic E-state index is 12.3. The Morgan fingerprint density at radius 2 is 1.95 bits per heavy atom. The largest absolute Gasteiger partial charge is 0.497 e. The Morgan fingerprint density at radius 3 is 2.43 bits per heavy atom. The minimum Gasteiger partial charge on any atom is -0.497 e. The van der Waals surface area contributed by atoms with Crippen LogP contribution in [0.2, 0.25) is 5.15 Å². The van der Waals surface area contributed by atoms with Gasteiger partial charge in [0.05, 0.1) is 13.4 Å². The van der Waals surface area contributed by atoms with Crippen LogP contribution in [0.25, 0.3) is 0 Å². The summed E-state index contributed by atoms with van der Waals surface area (Å²) in [5.41, 5.74) is 0.812. The molecule has 1 aromatic carbocycles. The molecule has 1 aromatic heterocycles. The number of benzene rings is 1. The molecule has 114 valence electrons. The third-order valence-corrected chi connectivity index (χ3v) is 5.07. The Morgan fingerprint density at radius 1 is 1.33 bits per heavy atom. The van der Waals surface area contributed by atoms with Crippen LogP contribution in [0.1, 0.15) is 18.5 Å². The number of hydrogen-bond acceptors (Lipinski definition) is 4. The molecule has 0 aliphatic heterocycles. The minimum absolute atomic E-state index is 0.0735. The highest BCUT2D eigenvalue weighted by atomic mass is 35.5. The van der Waals surface area contributed by atoms with Gasteiger partial charge in [-0.3, -0.25) is 0 Å². The minimum atomic E-state index is -3.78. The summed E-state index contributed by atoms with van der Waals surface area (Å²) in [6.07, 6.45) is 1.36. The molecule has 2 rings (SSSR count). The van der Waals surface area contributed by atoms with Crippen molar-refractivity contribution in [2.24, 2.45) is 7.05 Å². The van der Waals surface area contributed by atoms with Crippen molar-refractivity contribution in [2.45, 2.75) is 18.0 Å². The van der Waals surface area contributed by atoms with Gasteiger partial charge in [-0.05, 0) is 24.6 Å². The lowest BCUT2D eigenvalue weighted by Crippen LogP contribution is -2.27. The molecule has 0 aliphatic carbocycles. The van der Waals surface area contributed by atoms with E-state index in [-0.39, 0.29) is 10.2 Å². The van der Waals surface area contributed by atoms with E-state index in [9.17, 15) is 8.42 Å². The number of aromatic nitrogens is 2. The molecule has 0 saturated heterocycles. The molecular weight excluding hydrogens is 314 g/mol. The molecule has 21 heavy (non-hydrogen) atoms. The van der Waals surface area contributed by atoms with Crippen LogP contribution < -0.4 is 9.46 Å².